The molecule has 0 aliphatic carbocycles. The second kappa shape index (κ2) is 12.1. The van der Waals surface area contributed by atoms with Gasteiger partial charge in [0.2, 0.25) is 0 Å². The molecule has 0 spiro atoms. The number of halogens is 2. The Hall–Kier alpha value is -0.360. The smallest absolute Gasteiger partial charge is 0.0242 e. The number of likely N-dealkylation sites (N-methyl/N-ethyl adjacent to an activating group) is 2. The van der Waals surface area contributed by atoms with E-state index in [1.807, 2.05) is 24.3 Å². The molecule has 0 aliphatic rings. The van der Waals surface area contributed by atoms with Gasteiger partial charge in [0, 0.05) is 36.0 Å². The Balaban J connectivity index is 0.00000264. The van der Waals surface area contributed by atoms with Crippen molar-refractivity contribution < 1.29 is 0 Å². The van der Waals surface area contributed by atoms with E-state index in [0.29, 0.717) is 0 Å². The van der Waals surface area contributed by atoms with Crippen molar-refractivity contribution in [3.63, 3.8) is 0 Å². The van der Waals surface area contributed by atoms with Crippen molar-refractivity contribution in [2.45, 2.75) is 22.9 Å². The van der Waals surface area contributed by atoms with E-state index in [9.17, 15) is 0 Å². The molecule has 2 rings (SSSR count). The van der Waals surface area contributed by atoms with Gasteiger partial charge in [-0.1, -0.05) is 36.4 Å². The molecule has 0 fully saturated rings. The maximum atomic E-state index is 4.51. The van der Waals surface area contributed by atoms with Crippen molar-refractivity contribution in [3.8, 4) is 0 Å². The first-order valence-electron chi connectivity index (χ1n) is 7.47. The Labute approximate surface area is 169 Å². The summed E-state index contributed by atoms with van der Waals surface area (Å²) in [6.07, 6.45) is 0. The minimum Gasteiger partial charge on any atom is -0.301 e. The SMILES string of the molecule is CN(CCN(C)Cc1ccccc1S)Cc1ccccc1S.Cl.Cl. The molecule has 2 aromatic carbocycles. The fourth-order valence-electron chi connectivity index (χ4n) is 2.37. The van der Waals surface area contributed by atoms with Crippen LogP contribution in [0.4, 0.5) is 0 Å². The Morgan fingerprint density at radius 1 is 0.667 bits per heavy atom. The van der Waals surface area contributed by atoms with E-state index in [4.69, 9.17) is 0 Å². The van der Waals surface area contributed by atoms with Crippen LogP contribution in [0.25, 0.3) is 0 Å². The highest BCUT2D eigenvalue weighted by Crippen LogP contribution is 2.16. The summed E-state index contributed by atoms with van der Waals surface area (Å²) in [7, 11) is 4.31. The van der Waals surface area contributed by atoms with Gasteiger partial charge in [-0.2, -0.15) is 0 Å². The molecule has 0 atom stereocenters. The van der Waals surface area contributed by atoms with Gasteiger partial charge in [0.15, 0.2) is 0 Å². The quantitative estimate of drug-likeness (QED) is 0.647. The summed E-state index contributed by atoms with van der Waals surface area (Å²) in [5.41, 5.74) is 2.55. The number of benzene rings is 2. The first-order chi connectivity index (χ1) is 10.6. The minimum absolute atomic E-state index is 0. The first kappa shape index (κ1) is 23.6. The van der Waals surface area contributed by atoms with Crippen LogP contribution >= 0.6 is 50.1 Å². The average molecular weight is 405 g/mol. The molecule has 0 unspecified atom stereocenters. The van der Waals surface area contributed by atoms with Crippen molar-refractivity contribution >= 4 is 50.1 Å². The van der Waals surface area contributed by atoms with E-state index in [1.54, 1.807) is 0 Å². The lowest BCUT2D eigenvalue weighted by Gasteiger charge is -2.23. The molecule has 0 N–H and O–H groups in total. The Morgan fingerprint density at radius 2 is 1.00 bits per heavy atom. The summed E-state index contributed by atoms with van der Waals surface area (Å²) in [6.45, 7) is 3.90. The maximum Gasteiger partial charge on any atom is 0.0242 e. The third-order valence-electron chi connectivity index (χ3n) is 3.73. The lowest BCUT2D eigenvalue weighted by Crippen LogP contribution is -2.30. The van der Waals surface area contributed by atoms with Crippen LogP contribution in [0.1, 0.15) is 11.1 Å². The van der Waals surface area contributed by atoms with Crippen molar-refractivity contribution in [2.75, 3.05) is 27.2 Å². The molecule has 24 heavy (non-hydrogen) atoms. The van der Waals surface area contributed by atoms with Crippen molar-refractivity contribution in [1.29, 1.82) is 0 Å². The largest absolute Gasteiger partial charge is 0.301 e. The van der Waals surface area contributed by atoms with Crippen LogP contribution in [0.2, 0.25) is 0 Å². The second-order valence-corrected chi connectivity index (χ2v) is 6.70. The van der Waals surface area contributed by atoms with Crippen molar-refractivity contribution in [1.82, 2.24) is 9.80 Å². The summed E-state index contributed by atoms with van der Waals surface area (Å²) in [5.74, 6) is 0. The van der Waals surface area contributed by atoms with E-state index in [2.05, 4.69) is 73.4 Å². The van der Waals surface area contributed by atoms with Gasteiger partial charge in [-0.05, 0) is 37.4 Å². The fraction of sp³-hybridized carbons (Fsp3) is 0.333. The molecular formula is C18H26Cl2N2S2. The average Bonchev–Trinajstić information content (AvgIpc) is 2.50. The molecule has 0 saturated heterocycles. The van der Waals surface area contributed by atoms with E-state index < -0.39 is 0 Å². The zero-order valence-corrected chi connectivity index (χ0v) is 17.5. The molecule has 0 aliphatic heterocycles. The van der Waals surface area contributed by atoms with Gasteiger partial charge < -0.3 is 9.80 Å². The van der Waals surface area contributed by atoms with Crippen LogP contribution in [0.3, 0.4) is 0 Å². The third kappa shape index (κ3) is 7.68. The van der Waals surface area contributed by atoms with Gasteiger partial charge in [0.05, 0.1) is 0 Å². The molecule has 2 nitrogen and oxygen atoms in total. The van der Waals surface area contributed by atoms with Crippen molar-refractivity contribution in [3.05, 3.63) is 59.7 Å². The van der Waals surface area contributed by atoms with Crippen LogP contribution in [0.5, 0.6) is 0 Å². The summed E-state index contributed by atoms with van der Waals surface area (Å²) >= 11 is 9.03. The van der Waals surface area contributed by atoms with Crippen LogP contribution in [-0.4, -0.2) is 37.0 Å². The molecule has 0 bridgehead atoms. The molecule has 0 heterocycles. The predicted octanol–water partition coefficient (Wildman–Crippen LogP) is 4.67. The second-order valence-electron chi connectivity index (χ2n) is 5.73. The van der Waals surface area contributed by atoms with E-state index in [0.717, 1.165) is 36.0 Å². The van der Waals surface area contributed by atoms with Crippen LogP contribution in [0.15, 0.2) is 58.3 Å². The lowest BCUT2D eigenvalue weighted by molar-refractivity contribution is 0.245. The van der Waals surface area contributed by atoms with Gasteiger partial charge in [-0.25, -0.2) is 0 Å². The van der Waals surface area contributed by atoms with Crippen LogP contribution in [-0.2, 0) is 13.1 Å². The monoisotopic (exact) mass is 404 g/mol. The van der Waals surface area contributed by atoms with E-state index in [-0.39, 0.29) is 24.8 Å². The number of rotatable bonds is 7. The molecule has 0 radical (unpaired) electrons. The van der Waals surface area contributed by atoms with Gasteiger partial charge in [0.1, 0.15) is 0 Å². The number of thiol groups is 2. The number of hydrogen-bond donors (Lipinski definition) is 2. The minimum atomic E-state index is 0. The first-order valence-corrected chi connectivity index (χ1v) is 8.36. The van der Waals surface area contributed by atoms with Crippen LogP contribution < -0.4 is 0 Å². The zero-order chi connectivity index (χ0) is 15.9. The van der Waals surface area contributed by atoms with Gasteiger partial charge in [-0.3, -0.25) is 0 Å². The molecule has 0 aromatic heterocycles. The predicted molar refractivity (Wildman–Crippen MR) is 115 cm³/mol. The highest BCUT2D eigenvalue weighted by molar-refractivity contribution is 7.80. The summed E-state index contributed by atoms with van der Waals surface area (Å²) in [4.78, 5) is 6.79. The highest BCUT2D eigenvalue weighted by atomic mass is 35.5. The molecular weight excluding hydrogens is 379 g/mol. The zero-order valence-electron chi connectivity index (χ0n) is 14.1. The van der Waals surface area contributed by atoms with Gasteiger partial charge in [-0.15, -0.1) is 50.1 Å². The molecule has 2 aromatic rings. The highest BCUT2D eigenvalue weighted by Gasteiger charge is 2.07. The standard InChI is InChI=1S/C18H24N2S2.2ClH/c1-19(13-15-7-3-5-9-17(15)21)11-12-20(2)14-16-8-4-6-10-18(16)22;;/h3-10,21-22H,11-14H2,1-2H3;2*1H. The topological polar surface area (TPSA) is 6.48 Å². The Morgan fingerprint density at radius 3 is 1.33 bits per heavy atom. The third-order valence-corrected chi connectivity index (χ3v) is 4.60. The number of hydrogen-bond acceptors (Lipinski definition) is 4. The van der Waals surface area contributed by atoms with E-state index >= 15 is 0 Å². The fourth-order valence-corrected chi connectivity index (χ4v) is 2.83. The summed E-state index contributed by atoms with van der Waals surface area (Å²) in [5, 5.41) is 0. The van der Waals surface area contributed by atoms with Crippen molar-refractivity contribution in [2.24, 2.45) is 0 Å². The molecule has 134 valence electrons. The molecule has 0 saturated carbocycles. The van der Waals surface area contributed by atoms with Gasteiger partial charge >= 0.3 is 0 Å². The summed E-state index contributed by atoms with van der Waals surface area (Å²) < 4.78 is 0. The molecule has 6 heteroatoms. The van der Waals surface area contributed by atoms with Crippen LogP contribution in [0, 0.1) is 0 Å². The summed E-state index contributed by atoms with van der Waals surface area (Å²) in [6, 6.07) is 16.5. The lowest BCUT2D eigenvalue weighted by atomic mass is 10.2. The Kier molecular flexibility index (Phi) is 11.9. The molecule has 0 amide bonds. The number of nitrogens with zero attached hydrogens (tertiary/aromatic N) is 2. The maximum absolute atomic E-state index is 4.51. The normalized spacial score (nSPS) is 10.4. The van der Waals surface area contributed by atoms with Gasteiger partial charge in [0.25, 0.3) is 0 Å². The Bertz CT molecular complexity index is 558. The van der Waals surface area contributed by atoms with E-state index in [1.165, 1.54) is 11.1 Å².